The first-order valence-corrected chi connectivity index (χ1v) is 9.06. The topological polar surface area (TPSA) is 20.3 Å². The highest BCUT2D eigenvalue weighted by Gasteiger charge is 2.64. The summed E-state index contributed by atoms with van der Waals surface area (Å²) >= 11 is 1.13. The van der Waals surface area contributed by atoms with Crippen molar-refractivity contribution in [3.63, 3.8) is 0 Å². The van der Waals surface area contributed by atoms with Crippen molar-refractivity contribution in [2.75, 3.05) is 6.54 Å². The van der Waals surface area contributed by atoms with Gasteiger partial charge in [-0.25, -0.2) is 0 Å². The van der Waals surface area contributed by atoms with Gasteiger partial charge in [-0.15, -0.1) is 0 Å². The van der Waals surface area contributed by atoms with Gasteiger partial charge in [-0.3, -0.25) is 4.79 Å². The number of amides is 1. The van der Waals surface area contributed by atoms with Crippen LogP contribution in [0.2, 0.25) is 0 Å². The molecule has 2 aromatic rings. The van der Waals surface area contributed by atoms with E-state index in [1.54, 1.807) is 54.6 Å². The summed E-state index contributed by atoms with van der Waals surface area (Å²) in [5.41, 5.74) is -1.34. The van der Waals surface area contributed by atoms with Crippen LogP contribution >= 0.6 is 11.8 Å². The summed E-state index contributed by atoms with van der Waals surface area (Å²) in [6, 6.07) is 14.6. The monoisotopic (exact) mass is 375 g/mol. The molecule has 2 nitrogen and oxygen atoms in total. The zero-order valence-corrected chi connectivity index (χ0v) is 14.8. The average Bonchev–Trinajstić information content (AvgIpc) is 2.91. The van der Waals surface area contributed by atoms with Gasteiger partial charge in [-0.2, -0.15) is 13.2 Å². The van der Waals surface area contributed by atoms with Crippen molar-refractivity contribution < 1.29 is 18.0 Å². The Morgan fingerprint density at radius 2 is 1.73 bits per heavy atom. The van der Waals surface area contributed by atoms with Crippen LogP contribution in [0.3, 0.4) is 0 Å². The number of alkyl halides is 3. The standard InChI is InChI=1S/C20H16F3NOS/c1-19(20(21,22)23)16(26-13-7-3-2-4-8-13)11-12-24-17(19)14-9-5-6-10-15(14)18(24)25/h2-11,17H,12H2,1H3. The van der Waals surface area contributed by atoms with Gasteiger partial charge in [0.1, 0.15) is 5.41 Å². The van der Waals surface area contributed by atoms with Gasteiger partial charge in [0.2, 0.25) is 0 Å². The van der Waals surface area contributed by atoms with Crippen LogP contribution in [0.25, 0.3) is 0 Å². The van der Waals surface area contributed by atoms with E-state index in [9.17, 15) is 18.0 Å². The van der Waals surface area contributed by atoms with E-state index in [2.05, 4.69) is 0 Å². The number of carbonyl (C=O) groups is 1. The third kappa shape index (κ3) is 2.39. The smallest absolute Gasteiger partial charge is 0.327 e. The molecule has 0 aromatic heterocycles. The number of benzene rings is 2. The first kappa shape index (κ1) is 17.2. The maximum Gasteiger partial charge on any atom is 0.400 e. The van der Waals surface area contributed by atoms with Gasteiger partial charge >= 0.3 is 6.18 Å². The van der Waals surface area contributed by atoms with E-state index in [4.69, 9.17) is 0 Å². The molecule has 0 N–H and O–H groups in total. The van der Waals surface area contributed by atoms with E-state index in [1.807, 2.05) is 6.07 Å². The van der Waals surface area contributed by atoms with Gasteiger partial charge in [0.15, 0.2) is 0 Å². The molecule has 1 amide bonds. The second-order valence-electron chi connectivity index (χ2n) is 6.63. The van der Waals surface area contributed by atoms with E-state index >= 15 is 0 Å². The summed E-state index contributed by atoms with van der Waals surface area (Å²) < 4.78 is 43.0. The van der Waals surface area contributed by atoms with Crippen molar-refractivity contribution in [1.82, 2.24) is 4.90 Å². The van der Waals surface area contributed by atoms with Crippen molar-refractivity contribution in [1.29, 1.82) is 0 Å². The Hall–Kier alpha value is -2.21. The van der Waals surface area contributed by atoms with Crippen LogP contribution in [-0.2, 0) is 0 Å². The fourth-order valence-corrected chi connectivity index (χ4v) is 4.91. The SMILES string of the molecule is CC1(C(F)(F)F)C(Sc2ccccc2)=CCN2C(=O)c3ccccc3C21. The highest BCUT2D eigenvalue weighted by atomic mass is 32.2. The Morgan fingerprint density at radius 1 is 1.08 bits per heavy atom. The molecule has 2 heterocycles. The third-order valence-corrected chi connectivity index (χ3v) is 6.47. The average molecular weight is 375 g/mol. The molecule has 0 radical (unpaired) electrons. The van der Waals surface area contributed by atoms with Crippen LogP contribution in [0.1, 0.15) is 28.9 Å². The fraction of sp³-hybridized carbons (Fsp3) is 0.250. The lowest BCUT2D eigenvalue weighted by Crippen LogP contribution is -2.50. The summed E-state index contributed by atoms with van der Waals surface area (Å²) in [7, 11) is 0. The zero-order valence-electron chi connectivity index (χ0n) is 14.0. The molecule has 0 spiro atoms. The molecule has 2 unspecified atom stereocenters. The van der Waals surface area contributed by atoms with E-state index in [0.29, 0.717) is 11.1 Å². The Balaban J connectivity index is 1.85. The van der Waals surface area contributed by atoms with E-state index in [0.717, 1.165) is 16.7 Å². The minimum atomic E-state index is -4.50. The molecule has 0 fully saturated rings. The molecule has 0 saturated heterocycles. The molecular formula is C20H16F3NOS. The first-order chi connectivity index (χ1) is 12.3. The van der Waals surface area contributed by atoms with E-state index < -0.39 is 17.6 Å². The molecule has 6 heteroatoms. The Morgan fingerprint density at radius 3 is 2.42 bits per heavy atom. The first-order valence-electron chi connectivity index (χ1n) is 8.24. The van der Waals surface area contributed by atoms with Gasteiger partial charge in [0.25, 0.3) is 5.91 Å². The Kier molecular flexibility index (Phi) is 3.91. The highest BCUT2D eigenvalue weighted by Crippen LogP contribution is 2.62. The van der Waals surface area contributed by atoms with Crippen molar-refractivity contribution in [2.24, 2.45) is 5.41 Å². The molecule has 2 aromatic carbocycles. The lowest BCUT2D eigenvalue weighted by atomic mass is 9.75. The molecular weight excluding hydrogens is 359 g/mol. The molecule has 26 heavy (non-hydrogen) atoms. The molecule has 4 rings (SSSR count). The predicted molar refractivity (Wildman–Crippen MR) is 94.8 cm³/mol. The molecule has 134 valence electrons. The minimum absolute atomic E-state index is 0.180. The van der Waals surface area contributed by atoms with Gasteiger partial charge in [-0.1, -0.05) is 54.2 Å². The number of carbonyl (C=O) groups excluding carboxylic acids is 1. The number of hydrogen-bond acceptors (Lipinski definition) is 2. The second-order valence-corrected chi connectivity index (χ2v) is 7.75. The van der Waals surface area contributed by atoms with Crippen LogP contribution in [0.15, 0.2) is 70.5 Å². The quantitative estimate of drug-likeness (QED) is 0.696. The number of nitrogens with zero attached hydrogens (tertiary/aromatic N) is 1. The highest BCUT2D eigenvalue weighted by molar-refractivity contribution is 8.03. The van der Waals surface area contributed by atoms with Crippen molar-refractivity contribution in [3.8, 4) is 0 Å². The minimum Gasteiger partial charge on any atom is -0.327 e. The van der Waals surface area contributed by atoms with Crippen LogP contribution < -0.4 is 0 Å². The third-order valence-electron chi connectivity index (χ3n) is 5.15. The molecule has 2 atom stereocenters. The molecule has 0 aliphatic carbocycles. The summed E-state index contributed by atoms with van der Waals surface area (Å²) in [4.78, 5) is 15.0. The number of fused-ring (bicyclic) bond motifs is 3. The summed E-state index contributed by atoms with van der Waals surface area (Å²) in [6.07, 6.45) is -2.95. The normalized spacial score (nSPS) is 24.9. The largest absolute Gasteiger partial charge is 0.400 e. The van der Waals surface area contributed by atoms with Crippen LogP contribution in [0.5, 0.6) is 0 Å². The fourth-order valence-electron chi connectivity index (χ4n) is 3.77. The maximum atomic E-state index is 14.3. The number of rotatable bonds is 2. The Labute approximate surface area is 153 Å². The van der Waals surface area contributed by atoms with Crippen LogP contribution in [0.4, 0.5) is 13.2 Å². The van der Waals surface area contributed by atoms with Gasteiger partial charge < -0.3 is 4.90 Å². The molecule has 2 aliphatic rings. The molecule has 0 bridgehead atoms. The van der Waals surface area contributed by atoms with Crippen molar-refractivity contribution >= 4 is 17.7 Å². The van der Waals surface area contributed by atoms with Crippen molar-refractivity contribution in [3.05, 3.63) is 76.7 Å². The van der Waals surface area contributed by atoms with Gasteiger partial charge in [0, 0.05) is 21.9 Å². The van der Waals surface area contributed by atoms with E-state index in [-0.39, 0.29) is 17.4 Å². The lowest BCUT2D eigenvalue weighted by molar-refractivity contribution is -0.220. The Bertz CT molecular complexity index is 893. The van der Waals surface area contributed by atoms with Crippen LogP contribution in [-0.4, -0.2) is 23.5 Å². The lowest BCUT2D eigenvalue weighted by Gasteiger charge is -2.46. The molecule has 0 saturated carbocycles. The summed E-state index contributed by atoms with van der Waals surface area (Å²) in [6.45, 7) is 1.39. The second kappa shape index (κ2) is 5.91. The summed E-state index contributed by atoms with van der Waals surface area (Å²) in [5, 5.41) is 0. The van der Waals surface area contributed by atoms with Crippen molar-refractivity contribution in [2.45, 2.75) is 24.0 Å². The van der Waals surface area contributed by atoms with Crippen LogP contribution in [0, 0.1) is 5.41 Å². The summed E-state index contributed by atoms with van der Waals surface area (Å²) in [5.74, 6) is -0.332. The number of thioether (sulfide) groups is 1. The predicted octanol–water partition coefficient (Wildman–Crippen LogP) is 5.44. The maximum absolute atomic E-state index is 14.3. The van der Waals surface area contributed by atoms with Gasteiger partial charge in [-0.05, 0) is 30.7 Å². The number of hydrogen-bond donors (Lipinski definition) is 0. The number of halogens is 3. The zero-order chi connectivity index (χ0) is 18.5. The van der Waals surface area contributed by atoms with Gasteiger partial charge in [0.05, 0.1) is 6.04 Å². The van der Waals surface area contributed by atoms with E-state index in [1.165, 1.54) is 11.8 Å². The molecule has 2 aliphatic heterocycles.